The van der Waals surface area contributed by atoms with Crippen LogP contribution in [0.3, 0.4) is 0 Å². The molecule has 0 fully saturated rings. The molecule has 4 rings (SSSR count). The average Bonchev–Trinajstić information content (AvgIpc) is 3.23. The van der Waals surface area contributed by atoms with Gasteiger partial charge in [-0.25, -0.2) is 9.80 Å². The molecule has 166 valence electrons. The lowest BCUT2D eigenvalue weighted by Crippen LogP contribution is -2.41. The van der Waals surface area contributed by atoms with Crippen molar-refractivity contribution in [1.29, 1.82) is 5.26 Å². The standard InChI is InChI=1S/C26H22BrClN4O/c27-21-10-14-23(15-11-21)30-25(33)32-18-26(16-4-5-17-29,20-6-2-1-3-7-20)24(31-32)19-8-12-22(28)13-9-19/h1-3,6-15H,4-5,16,18H2,(H,30,33). The second kappa shape index (κ2) is 10.2. The van der Waals surface area contributed by atoms with Gasteiger partial charge in [-0.05, 0) is 60.4 Å². The number of halogens is 2. The molecule has 0 radical (unpaired) electrons. The number of hydrogen-bond donors (Lipinski definition) is 1. The molecule has 1 heterocycles. The number of anilines is 1. The molecule has 1 unspecified atom stereocenters. The maximum absolute atomic E-state index is 13.2. The van der Waals surface area contributed by atoms with Crippen LogP contribution in [-0.2, 0) is 5.41 Å². The molecule has 5 nitrogen and oxygen atoms in total. The largest absolute Gasteiger partial charge is 0.342 e. The van der Waals surface area contributed by atoms with Crippen molar-refractivity contribution in [2.45, 2.75) is 24.7 Å². The highest BCUT2D eigenvalue weighted by Crippen LogP contribution is 2.40. The van der Waals surface area contributed by atoms with E-state index in [1.807, 2.05) is 66.7 Å². The number of hydrogen-bond acceptors (Lipinski definition) is 3. The highest BCUT2D eigenvalue weighted by Gasteiger charge is 2.46. The minimum Gasteiger partial charge on any atom is -0.306 e. The van der Waals surface area contributed by atoms with Gasteiger partial charge in [-0.1, -0.05) is 70.0 Å². The molecule has 0 aromatic heterocycles. The fourth-order valence-electron chi connectivity index (χ4n) is 4.16. The Morgan fingerprint density at radius 3 is 2.45 bits per heavy atom. The van der Waals surface area contributed by atoms with Crippen LogP contribution in [-0.4, -0.2) is 23.3 Å². The number of nitrogens with one attached hydrogen (secondary N) is 1. The molecule has 1 N–H and O–H groups in total. The maximum atomic E-state index is 13.2. The van der Waals surface area contributed by atoms with Crippen LogP contribution in [0, 0.1) is 11.3 Å². The molecule has 0 saturated heterocycles. The number of nitrogens with zero attached hydrogens (tertiary/aromatic N) is 3. The highest BCUT2D eigenvalue weighted by molar-refractivity contribution is 9.10. The summed E-state index contributed by atoms with van der Waals surface area (Å²) in [4.78, 5) is 13.2. The Kier molecular flexibility index (Phi) is 7.12. The maximum Gasteiger partial charge on any atom is 0.342 e. The van der Waals surface area contributed by atoms with Crippen molar-refractivity contribution in [2.75, 3.05) is 11.9 Å². The second-order valence-corrected chi connectivity index (χ2v) is 9.26. The SMILES string of the molecule is N#CCCCC1(c2ccccc2)CN(C(=O)Nc2ccc(Br)cc2)N=C1c1ccc(Cl)cc1. The number of hydrazone groups is 1. The highest BCUT2D eigenvalue weighted by atomic mass is 79.9. The van der Waals surface area contributed by atoms with E-state index in [4.69, 9.17) is 22.0 Å². The normalized spacial score (nSPS) is 17.4. The summed E-state index contributed by atoms with van der Waals surface area (Å²) in [6, 6.07) is 26.9. The van der Waals surface area contributed by atoms with Gasteiger partial charge in [0.15, 0.2) is 0 Å². The molecule has 1 atom stereocenters. The van der Waals surface area contributed by atoms with E-state index in [1.165, 1.54) is 5.01 Å². The van der Waals surface area contributed by atoms with Crippen molar-refractivity contribution in [2.24, 2.45) is 5.10 Å². The first kappa shape index (κ1) is 23.0. The summed E-state index contributed by atoms with van der Waals surface area (Å²) >= 11 is 9.55. The lowest BCUT2D eigenvalue weighted by Gasteiger charge is -2.31. The minimum absolute atomic E-state index is 0.304. The van der Waals surface area contributed by atoms with Crippen LogP contribution in [0.5, 0.6) is 0 Å². The Labute approximate surface area is 206 Å². The Bertz CT molecular complexity index is 1190. The number of rotatable bonds is 6. The van der Waals surface area contributed by atoms with Gasteiger partial charge in [0.25, 0.3) is 0 Å². The first-order chi connectivity index (χ1) is 16.0. The van der Waals surface area contributed by atoms with Crippen molar-refractivity contribution in [1.82, 2.24) is 5.01 Å². The third kappa shape index (κ3) is 5.11. The molecule has 3 aromatic carbocycles. The Morgan fingerprint density at radius 2 is 1.79 bits per heavy atom. The van der Waals surface area contributed by atoms with Gasteiger partial charge >= 0.3 is 6.03 Å². The van der Waals surface area contributed by atoms with E-state index in [9.17, 15) is 4.79 Å². The summed E-state index contributed by atoms with van der Waals surface area (Å²) in [5, 5.41) is 19.0. The number of benzene rings is 3. The topological polar surface area (TPSA) is 68.5 Å². The van der Waals surface area contributed by atoms with Gasteiger partial charge in [0.05, 0.1) is 23.7 Å². The zero-order valence-corrected chi connectivity index (χ0v) is 20.2. The molecular weight excluding hydrogens is 500 g/mol. The van der Waals surface area contributed by atoms with Crippen LogP contribution < -0.4 is 5.32 Å². The number of amides is 2. The lowest BCUT2D eigenvalue weighted by atomic mass is 9.71. The lowest BCUT2D eigenvalue weighted by molar-refractivity contribution is 0.212. The van der Waals surface area contributed by atoms with Crippen LogP contribution in [0.2, 0.25) is 5.02 Å². The molecule has 2 amide bonds. The quantitative estimate of drug-likeness (QED) is 0.355. The van der Waals surface area contributed by atoms with E-state index >= 15 is 0 Å². The Balaban J connectivity index is 1.74. The third-order valence-electron chi connectivity index (χ3n) is 5.76. The number of unbranched alkanes of at least 4 members (excludes halogenated alkanes) is 1. The summed E-state index contributed by atoms with van der Waals surface area (Å²) in [5.41, 5.74) is 2.92. The molecule has 33 heavy (non-hydrogen) atoms. The van der Waals surface area contributed by atoms with Crippen molar-refractivity contribution in [3.05, 3.63) is 99.5 Å². The van der Waals surface area contributed by atoms with E-state index in [0.717, 1.165) is 21.3 Å². The fraction of sp³-hybridized carbons (Fsp3) is 0.192. The number of urea groups is 1. The summed E-state index contributed by atoms with van der Waals surface area (Å²) in [5.74, 6) is 0. The van der Waals surface area contributed by atoms with Crippen molar-refractivity contribution in [3.63, 3.8) is 0 Å². The van der Waals surface area contributed by atoms with E-state index in [-0.39, 0.29) is 6.03 Å². The van der Waals surface area contributed by atoms with Crippen molar-refractivity contribution in [3.8, 4) is 6.07 Å². The van der Waals surface area contributed by atoms with E-state index in [2.05, 4.69) is 39.4 Å². The zero-order valence-electron chi connectivity index (χ0n) is 17.8. The second-order valence-electron chi connectivity index (χ2n) is 7.91. The van der Waals surface area contributed by atoms with E-state index in [1.54, 1.807) is 0 Å². The molecule has 0 spiro atoms. The number of carbonyl (C=O) groups excluding carboxylic acids is 1. The van der Waals surface area contributed by atoms with Gasteiger partial charge in [0.1, 0.15) is 0 Å². The Morgan fingerprint density at radius 1 is 1.09 bits per heavy atom. The van der Waals surface area contributed by atoms with Gasteiger partial charge in [-0.3, -0.25) is 0 Å². The number of carbonyl (C=O) groups is 1. The molecule has 0 saturated carbocycles. The fourth-order valence-corrected chi connectivity index (χ4v) is 4.55. The summed E-state index contributed by atoms with van der Waals surface area (Å²) < 4.78 is 0.935. The summed E-state index contributed by atoms with van der Waals surface area (Å²) in [7, 11) is 0. The molecule has 7 heteroatoms. The average molecular weight is 522 g/mol. The molecule has 3 aromatic rings. The first-order valence-corrected chi connectivity index (χ1v) is 11.8. The van der Waals surface area contributed by atoms with Crippen LogP contribution in [0.25, 0.3) is 0 Å². The zero-order chi connectivity index (χ0) is 23.3. The molecular formula is C26H22BrClN4O. The summed E-state index contributed by atoms with van der Waals surface area (Å²) in [6.45, 7) is 0.378. The molecule has 1 aliphatic heterocycles. The van der Waals surface area contributed by atoms with Crippen LogP contribution >= 0.6 is 27.5 Å². The predicted molar refractivity (Wildman–Crippen MR) is 135 cm³/mol. The predicted octanol–water partition coefficient (Wildman–Crippen LogP) is 6.99. The third-order valence-corrected chi connectivity index (χ3v) is 6.54. The monoisotopic (exact) mass is 520 g/mol. The summed E-state index contributed by atoms with van der Waals surface area (Å²) in [6.07, 6.45) is 1.82. The van der Waals surface area contributed by atoms with Gasteiger partial charge in [-0.15, -0.1) is 0 Å². The van der Waals surface area contributed by atoms with Crippen molar-refractivity contribution >= 4 is 45.0 Å². The smallest absolute Gasteiger partial charge is 0.306 e. The van der Waals surface area contributed by atoms with Gasteiger partial charge in [-0.2, -0.15) is 10.4 Å². The van der Waals surface area contributed by atoms with Crippen LogP contribution in [0.4, 0.5) is 10.5 Å². The van der Waals surface area contributed by atoms with E-state index in [0.29, 0.717) is 36.5 Å². The first-order valence-electron chi connectivity index (χ1n) is 10.6. The van der Waals surface area contributed by atoms with Crippen molar-refractivity contribution < 1.29 is 4.79 Å². The minimum atomic E-state index is -0.539. The van der Waals surface area contributed by atoms with E-state index < -0.39 is 5.41 Å². The molecule has 0 aliphatic carbocycles. The number of nitriles is 1. The molecule has 0 bridgehead atoms. The van der Waals surface area contributed by atoms with Gasteiger partial charge in [0.2, 0.25) is 0 Å². The van der Waals surface area contributed by atoms with Crippen LogP contribution in [0.15, 0.2) is 88.4 Å². The molecule has 1 aliphatic rings. The van der Waals surface area contributed by atoms with Gasteiger partial charge < -0.3 is 5.32 Å². The van der Waals surface area contributed by atoms with Crippen LogP contribution in [0.1, 0.15) is 30.4 Å². The van der Waals surface area contributed by atoms with Gasteiger partial charge in [0, 0.05) is 21.6 Å². The Hall–Kier alpha value is -3.14.